The van der Waals surface area contributed by atoms with Gasteiger partial charge in [-0.2, -0.15) is 0 Å². The summed E-state index contributed by atoms with van der Waals surface area (Å²) in [6.45, 7) is 5.06. The summed E-state index contributed by atoms with van der Waals surface area (Å²) in [5.74, 6) is -1.93. The van der Waals surface area contributed by atoms with Crippen molar-refractivity contribution in [2.75, 3.05) is 27.0 Å². The molecule has 3 N–H and O–H groups in total. The fraction of sp³-hybridized carbons (Fsp3) is 0.684. The first-order valence-electron chi connectivity index (χ1n) is 18.3. The highest BCUT2D eigenvalue weighted by atomic mass is 19.1. The predicted octanol–water partition coefficient (Wildman–Crippen LogP) is 6.62. The number of nitrogens with zero attached hydrogens (tertiary/aromatic N) is 1. The summed E-state index contributed by atoms with van der Waals surface area (Å²) >= 11 is 0. The Morgan fingerprint density at radius 1 is 1.02 bits per heavy atom. The molecule has 3 aliphatic rings. The van der Waals surface area contributed by atoms with Gasteiger partial charge in [-0.1, -0.05) is 50.3 Å². The summed E-state index contributed by atoms with van der Waals surface area (Å²) in [6, 6.07) is 5.10. The van der Waals surface area contributed by atoms with Gasteiger partial charge >= 0.3 is 12.1 Å². The van der Waals surface area contributed by atoms with E-state index in [4.69, 9.17) is 24.4 Å². The molecular formula is C38H54FN3O8. The largest absolute Gasteiger partial charge is 0.460 e. The average molecular weight is 700 g/mol. The van der Waals surface area contributed by atoms with Crippen molar-refractivity contribution in [1.82, 2.24) is 10.2 Å². The first-order chi connectivity index (χ1) is 23.9. The van der Waals surface area contributed by atoms with E-state index < -0.39 is 54.3 Å². The van der Waals surface area contributed by atoms with Crippen molar-refractivity contribution < 1.29 is 42.2 Å². The number of fused-ring (bicyclic) bond motifs is 1. The molecule has 11 nitrogen and oxygen atoms in total. The number of primary amides is 1. The number of hydrogen-bond donors (Lipinski definition) is 2. The van der Waals surface area contributed by atoms with Crippen LogP contribution in [0.15, 0.2) is 28.7 Å². The molecule has 276 valence electrons. The normalized spacial score (nSPS) is 25.3. The number of methoxy groups -OCH3 is 1. The molecule has 2 heterocycles. The highest BCUT2D eigenvalue weighted by molar-refractivity contribution is 5.98. The van der Waals surface area contributed by atoms with Crippen LogP contribution < -0.4 is 11.1 Å². The number of esters is 1. The van der Waals surface area contributed by atoms with E-state index in [1.807, 2.05) is 18.2 Å². The second-order valence-electron chi connectivity index (χ2n) is 15.2. The molecule has 2 aromatic rings. The van der Waals surface area contributed by atoms with Gasteiger partial charge in [0.2, 0.25) is 17.6 Å². The Bertz CT molecular complexity index is 1490. The Kier molecular flexibility index (Phi) is 12.5. The lowest BCUT2D eigenvalue weighted by Gasteiger charge is -2.38. The molecule has 2 aliphatic carbocycles. The molecule has 5 rings (SSSR count). The summed E-state index contributed by atoms with van der Waals surface area (Å²) in [4.78, 5) is 55.9. The first-order valence-corrected chi connectivity index (χ1v) is 18.3. The van der Waals surface area contributed by atoms with Gasteiger partial charge in [-0.25, -0.2) is 14.0 Å². The van der Waals surface area contributed by atoms with Crippen molar-refractivity contribution in [1.29, 1.82) is 0 Å². The van der Waals surface area contributed by atoms with Crippen molar-refractivity contribution in [3.05, 3.63) is 35.6 Å². The van der Waals surface area contributed by atoms with Gasteiger partial charge in [0.25, 0.3) is 0 Å². The van der Waals surface area contributed by atoms with Crippen molar-refractivity contribution in [3.63, 3.8) is 0 Å². The number of ether oxygens (including phenoxy) is 3. The number of nitrogens with two attached hydrogens (primary N) is 1. The van der Waals surface area contributed by atoms with Crippen LogP contribution in [-0.2, 0) is 23.8 Å². The number of amides is 3. The van der Waals surface area contributed by atoms with E-state index in [9.17, 15) is 23.6 Å². The molecular weight excluding hydrogens is 645 g/mol. The molecule has 12 heteroatoms. The number of furan rings is 1. The van der Waals surface area contributed by atoms with Gasteiger partial charge in [-0.05, 0) is 76.7 Å². The molecule has 4 atom stereocenters. The number of carbonyl (C=O) groups is 4. The Morgan fingerprint density at radius 2 is 1.72 bits per heavy atom. The third-order valence-electron chi connectivity index (χ3n) is 10.8. The monoisotopic (exact) mass is 699 g/mol. The van der Waals surface area contributed by atoms with Gasteiger partial charge in [0.05, 0.1) is 18.7 Å². The molecule has 1 aliphatic heterocycles. The molecule has 0 bridgehead atoms. The van der Waals surface area contributed by atoms with Gasteiger partial charge in [0.1, 0.15) is 23.9 Å². The number of para-hydroxylation sites is 1. The van der Waals surface area contributed by atoms with Crippen LogP contribution in [0.3, 0.4) is 0 Å². The van der Waals surface area contributed by atoms with Crippen molar-refractivity contribution in [3.8, 4) is 0 Å². The zero-order valence-electron chi connectivity index (χ0n) is 29.9. The smallest absolute Gasteiger partial charge is 0.407 e. The quantitative estimate of drug-likeness (QED) is 0.185. The minimum absolute atomic E-state index is 0.0293. The van der Waals surface area contributed by atoms with E-state index >= 15 is 0 Å². The summed E-state index contributed by atoms with van der Waals surface area (Å²) in [7, 11) is 1.58. The molecule has 2 saturated carbocycles. The summed E-state index contributed by atoms with van der Waals surface area (Å²) in [5.41, 5.74) is 6.51. The molecule has 1 aromatic heterocycles. The van der Waals surface area contributed by atoms with Gasteiger partial charge < -0.3 is 34.6 Å². The number of hydrogen-bond acceptors (Lipinski definition) is 8. The number of alkyl halides is 1. The zero-order chi connectivity index (χ0) is 36.0. The van der Waals surface area contributed by atoms with Crippen molar-refractivity contribution in [2.45, 2.75) is 115 Å². The number of nitrogens with one attached hydrogen (secondary N) is 1. The van der Waals surface area contributed by atoms with E-state index in [1.54, 1.807) is 38.8 Å². The van der Waals surface area contributed by atoms with Crippen LogP contribution in [0.25, 0.3) is 11.0 Å². The fourth-order valence-corrected chi connectivity index (χ4v) is 8.51. The maximum absolute atomic E-state index is 14.8. The number of alkyl carbamates (subject to hydrolysis) is 1. The maximum atomic E-state index is 14.8. The lowest BCUT2D eigenvalue weighted by atomic mass is 9.75. The molecule has 0 spiro atoms. The molecule has 1 aromatic carbocycles. The first kappa shape index (κ1) is 37.6. The number of benzene rings is 1. The van der Waals surface area contributed by atoms with Crippen LogP contribution >= 0.6 is 0 Å². The van der Waals surface area contributed by atoms with Crippen LogP contribution in [0.4, 0.5) is 9.18 Å². The molecule has 3 fully saturated rings. The molecule has 0 radical (unpaired) electrons. The fourth-order valence-electron chi connectivity index (χ4n) is 8.51. The summed E-state index contributed by atoms with van der Waals surface area (Å²) < 4.78 is 36.4. The van der Waals surface area contributed by atoms with E-state index in [-0.39, 0.29) is 36.0 Å². The minimum atomic E-state index is -0.847. The Hall–Kier alpha value is -3.67. The van der Waals surface area contributed by atoms with Gasteiger partial charge in [-0.3, -0.25) is 9.59 Å². The molecule has 1 saturated heterocycles. The second kappa shape index (κ2) is 16.6. The minimum Gasteiger partial charge on any atom is -0.460 e. The topological polar surface area (TPSA) is 150 Å². The molecule has 50 heavy (non-hydrogen) atoms. The lowest BCUT2D eigenvalue weighted by molar-refractivity contribution is -0.145. The number of rotatable bonds is 12. The maximum Gasteiger partial charge on any atom is 0.407 e. The number of carbonyl (C=O) groups excluding carboxylic acids is 4. The number of likely N-dealkylation sites (tertiary alicyclic amines) is 1. The van der Waals surface area contributed by atoms with E-state index in [2.05, 4.69) is 5.32 Å². The van der Waals surface area contributed by atoms with Crippen LogP contribution in [0.2, 0.25) is 0 Å². The predicted molar refractivity (Wildman–Crippen MR) is 185 cm³/mol. The van der Waals surface area contributed by atoms with E-state index in [0.717, 1.165) is 32.1 Å². The van der Waals surface area contributed by atoms with Crippen LogP contribution in [-0.4, -0.2) is 73.5 Å². The standard InChI is InChI=1S/C38H54FN3O8/c1-38(2,3)50-37(46)41-28(22-39)24-15-17-25(18-16-24)35(44)42-29(21-27(32(42)34(40)43)23-11-6-5-7-12-23)31-26-13-8-9-14-30(26)49-33(31)36(45)48-20-10-19-47-4/h8-9,13-14,23-25,27-29,32H,5-7,10-12,15-22H2,1-4H3,(H2,40,43)(H,41,46)/t24-,25-,27-,28+,29?,32-/m0/s1. The molecule has 3 amide bonds. The van der Waals surface area contributed by atoms with Crippen molar-refractivity contribution >= 4 is 34.8 Å². The van der Waals surface area contributed by atoms with Crippen LogP contribution in [0.1, 0.15) is 114 Å². The average Bonchev–Trinajstić information content (AvgIpc) is 3.68. The third kappa shape index (κ3) is 8.61. The third-order valence-corrected chi connectivity index (χ3v) is 10.8. The molecule has 1 unspecified atom stereocenters. The highest BCUT2D eigenvalue weighted by Gasteiger charge is 2.53. The van der Waals surface area contributed by atoms with Gasteiger partial charge in [0, 0.05) is 37.0 Å². The van der Waals surface area contributed by atoms with Crippen molar-refractivity contribution in [2.24, 2.45) is 29.4 Å². The highest BCUT2D eigenvalue weighted by Crippen LogP contribution is 2.51. The van der Waals surface area contributed by atoms with Gasteiger partial charge in [0.15, 0.2) is 0 Å². The lowest BCUT2D eigenvalue weighted by Crippen LogP contribution is -2.51. The van der Waals surface area contributed by atoms with Crippen LogP contribution in [0, 0.1) is 23.7 Å². The second-order valence-corrected chi connectivity index (χ2v) is 15.2. The van der Waals surface area contributed by atoms with Gasteiger partial charge in [-0.15, -0.1) is 0 Å². The summed E-state index contributed by atoms with van der Waals surface area (Å²) in [5, 5.41) is 3.37. The zero-order valence-corrected chi connectivity index (χ0v) is 29.9. The van der Waals surface area contributed by atoms with E-state index in [1.165, 1.54) is 0 Å². The van der Waals surface area contributed by atoms with Crippen LogP contribution in [0.5, 0.6) is 0 Å². The Labute approximate surface area is 294 Å². The SMILES string of the molecule is COCCCOC(=O)c1oc2ccccc2c1C1C[C@@H](C2CCCCC2)[C@@H](C(N)=O)N1C(=O)[C@H]1CC[C@H]([C@@H](CF)NC(=O)OC(C)(C)C)CC1. The van der Waals surface area contributed by atoms with E-state index in [0.29, 0.717) is 61.7 Å². The summed E-state index contributed by atoms with van der Waals surface area (Å²) in [6.07, 6.45) is 7.39. The number of halogens is 1. The Balaban J connectivity index is 1.45. The Morgan fingerprint density at radius 3 is 2.36 bits per heavy atom.